The number of aliphatic carboxylic acids is 1. The van der Waals surface area contributed by atoms with E-state index in [1.165, 1.54) is 6.92 Å². The van der Waals surface area contributed by atoms with Crippen molar-refractivity contribution in [3.63, 3.8) is 0 Å². The molecule has 0 unspecified atom stereocenters. The summed E-state index contributed by atoms with van der Waals surface area (Å²) in [6.45, 7) is 0.557. The SMILES string of the molecule is CC(=O)N[C@H]1[C@H]([C@H](N)[C@H](O)CO)OC(C(=O)O)=C[C@@H]1N=C(N)N. The molecule has 10 N–H and O–H groups in total. The van der Waals surface area contributed by atoms with Crippen molar-refractivity contribution in [2.24, 2.45) is 22.2 Å². The van der Waals surface area contributed by atoms with Crippen molar-refractivity contribution < 1.29 is 29.6 Å². The smallest absolute Gasteiger partial charge is 0.370 e. The van der Waals surface area contributed by atoms with E-state index in [9.17, 15) is 14.7 Å². The molecule has 0 aromatic heterocycles. The maximum Gasteiger partial charge on any atom is 0.370 e. The van der Waals surface area contributed by atoms with E-state index >= 15 is 0 Å². The third kappa shape index (κ3) is 4.81. The predicted octanol–water partition coefficient (Wildman–Crippen LogP) is -3.82. The van der Waals surface area contributed by atoms with Crippen molar-refractivity contribution in [1.82, 2.24) is 5.32 Å². The summed E-state index contributed by atoms with van der Waals surface area (Å²) in [5, 5.41) is 30.3. The lowest BCUT2D eigenvalue weighted by Crippen LogP contribution is -2.62. The molecule has 0 spiro atoms. The standard InChI is InChI=1S/C12H21N5O6/c1-4(19)16-9-5(17-12(14)15)2-7(11(21)22)23-10(9)8(13)6(20)3-18/h2,5-6,8-10,18,20H,3,13H2,1H3,(H,16,19)(H,21,22)(H4,14,15,17)/t5-,6+,8+,9+,10-/m0/s1. The van der Waals surface area contributed by atoms with E-state index < -0.39 is 54.6 Å². The number of carboxylic acid groups (broad SMARTS) is 1. The van der Waals surface area contributed by atoms with E-state index in [1.807, 2.05) is 0 Å². The largest absolute Gasteiger partial charge is 0.479 e. The second-order valence-corrected chi connectivity index (χ2v) is 5.02. The molecule has 11 nitrogen and oxygen atoms in total. The number of carbonyl (C=O) groups is 2. The minimum atomic E-state index is -1.40. The van der Waals surface area contributed by atoms with Crippen molar-refractivity contribution in [2.75, 3.05) is 6.61 Å². The zero-order valence-electron chi connectivity index (χ0n) is 12.4. The second-order valence-electron chi connectivity index (χ2n) is 5.02. The number of ether oxygens (including phenoxy) is 1. The van der Waals surface area contributed by atoms with Crippen LogP contribution in [0.1, 0.15) is 6.92 Å². The Hall–Kier alpha value is -2.37. The van der Waals surface area contributed by atoms with Crippen molar-refractivity contribution in [3.8, 4) is 0 Å². The summed E-state index contributed by atoms with van der Waals surface area (Å²) in [6.07, 6.45) is -1.45. The summed E-state index contributed by atoms with van der Waals surface area (Å²) in [4.78, 5) is 26.4. The minimum Gasteiger partial charge on any atom is -0.479 e. The van der Waals surface area contributed by atoms with Gasteiger partial charge >= 0.3 is 5.97 Å². The molecule has 1 rings (SSSR count). The molecule has 1 aliphatic heterocycles. The van der Waals surface area contributed by atoms with Gasteiger partial charge in [-0.25, -0.2) is 9.79 Å². The van der Waals surface area contributed by atoms with Crippen molar-refractivity contribution >= 4 is 17.8 Å². The van der Waals surface area contributed by atoms with Gasteiger partial charge in [-0.1, -0.05) is 0 Å². The van der Waals surface area contributed by atoms with Crippen LogP contribution in [0.2, 0.25) is 0 Å². The summed E-state index contributed by atoms with van der Waals surface area (Å²) in [5.41, 5.74) is 16.5. The number of guanidine groups is 1. The number of nitrogens with two attached hydrogens (primary N) is 3. The van der Waals surface area contributed by atoms with E-state index in [0.29, 0.717) is 0 Å². The van der Waals surface area contributed by atoms with Crippen LogP contribution >= 0.6 is 0 Å². The topological polar surface area (TPSA) is 207 Å². The van der Waals surface area contributed by atoms with Crippen LogP contribution in [-0.2, 0) is 14.3 Å². The average Bonchev–Trinajstić information content (AvgIpc) is 2.45. The Bertz CT molecular complexity index is 518. The van der Waals surface area contributed by atoms with Crippen LogP contribution in [0.5, 0.6) is 0 Å². The highest BCUT2D eigenvalue weighted by molar-refractivity contribution is 5.85. The molecule has 5 atom stereocenters. The number of amides is 1. The van der Waals surface area contributed by atoms with Gasteiger partial charge in [0.05, 0.1) is 30.8 Å². The fourth-order valence-corrected chi connectivity index (χ4v) is 2.18. The number of nitrogens with one attached hydrogen (secondary N) is 1. The maximum absolute atomic E-state index is 11.4. The van der Waals surface area contributed by atoms with Crippen LogP contribution in [0.15, 0.2) is 16.8 Å². The number of hydrogen-bond acceptors (Lipinski definition) is 7. The predicted molar refractivity (Wildman–Crippen MR) is 78.9 cm³/mol. The van der Waals surface area contributed by atoms with Crippen LogP contribution in [0.3, 0.4) is 0 Å². The van der Waals surface area contributed by atoms with Gasteiger partial charge in [0.25, 0.3) is 0 Å². The first-order valence-corrected chi connectivity index (χ1v) is 6.69. The number of carbonyl (C=O) groups excluding carboxylic acids is 1. The molecule has 1 heterocycles. The zero-order valence-corrected chi connectivity index (χ0v) is 12.4. The van der Waals surface area contributed by atoms with Gasteiger partial charge in [0.1, 0.15) is 6.10 Å². The molecule has 0 aliphatic carbocycles. The molecule has 130 valence electrons. The fraction of sp³-hybridized carbons (Fsp3) is 0.583. The molecule has 0 saturated heterocycles. The molecular weight excluding hydrogens is 310 g/mol. The van der Waals surface area contributed by atoms with Crippen LogP contribution in [0.4, 0.5) is 0 Å². The van der Waals surface area contributed by atoms with Gasteiger partial charge in [0.15, 0.2) is 5.96 Å². The highest BCUT2D eigenvalue weighted by Crippen LogP contribution is 2.24. The first-order valence-electron chi connectivity index (χ1n) is 6.69. The first kappa shape index (κ1) is 18.7. The third-order valence-corrected chi connectivity index (χ3v) is 3.20. The van der Waals surface area contributed by atoms with E-state index in [0.717, 1.165) is 6.08 Å². The fourth-order valence-electron chi connectivity index (χ4n) is 2.18. The maximum atomic E-state index is 11.4. The molecule has 23 heavy (non-hydrogen) atoms. The van der Waals surface area contributed by atoms with Crippen molar-refractivity contribution in [1.29, 1.82) is 0 Å². The highest BCUT2D eigenvalue weighted by atomic mass is 16.5. The molecule has 1 amide bonds. The van der Waals surface area contributed by atoms with Crippen LogP contribution in [-0.4, -0.2) is 70.1 Å². The summed E-state index contributed by atoms with van der Waals surface area (Å²) in [7, 11) is 0. The van der Waals surface area contributed by atoms with Gasteiger partial charge in [-0.2, -0.15) is 0 Å². The highest BCUT2D eigenvalue weighted by Gasteiger charge is 2.42. The third-order valence-electron chi connectivity index (χ3n) is 3.20. The normalized spacial score (nSPS) is 26.3. The second kappa shape index (κ2) is 7.76. The summed E-state index contributed by atoms with van der Waals surface area (Å²) in [5.74, 6) is -2.66. The van der Waals surface area contributed by atoms with Gasteiger partial charge in [0.2, 0.25) is 11.7 Å². The number of hydrogen-bond donors (Lipinski definition) is 7. The Labute approximate surface area is 131 Å². The quantitative estimate of drug-likeness (QED) is 0.188. The van der Waals surface area contributed by atoms with Gasteiger partial charge in [-0.05, 0) is 6.08 Å². The van der Waals surface area contributed by atoms with E-state index in [2.05, 4.69) is 10.3 Å². The first-order chi connectivity index (χ1) is 10.7. The lowest BCUT2D eigenvalue weighted by atomic mass is 9.91. The number of nitrogens with zero attached hydrogens (tertiary/aromatic N) is 1. The average molecular weight is 331 g/mol. The molecule has 0 aromatic rings. The molecule has 0 fully saturated rings. The van der Waals surface area contributed by atoms with Gasteiger partial charge < -0.3 is 42.6 Å². The van der Waals surface area contributed by atoms with E-state index in [1.54, 1.807) is 0 Å². The Morgan fingerprint density at radius 1 is 1.48 bits per heavy atom. The van der Waals surface area contributed by atoms with Crippen molar-refractivity contribution in [2.45, 2.75) is 37.3 Å². The van der Waals surface area contributed by atoms with Crippen LogP contribution in [0, 0.1) is 0 Å². The lowest BCUT2D eigenvalue weighted by Gasteiger charge is -2.39. The number of rotatable bonds is 6. The Morgan fingerprint density at radius 3 is 2.52 bits per heavy atom. The van der Waals surface area contributed by atoms with Gasteiger partial charge in [-0.15, -0.1) is 0 Å². The van der Waals surface area contributed by atoms with Crippen molar-refractivity contribution in [3.05, 3.63) is 11.8 Å². The minimum absolute atomic E-state index is 0.330. The molecule has 11 heteroatoms. The lowest BCUT2D eigenvalue weighted by molar-refractivity contribution is -0.140. The summed E-state index contributed by atoms with van der Waals surface area (Å²) >= 11 is 0. The number of aliphatic imine (C=N–C) groups is 1. The van der Waals surface area contributed by atoms with Crippen LogP contribution in [0.25, 0.3) is 0 Å². The Kier molecular flexibility index (Phi) is 6.30. The molecule has 1 aliphatic rings. The summed E-state index contributed by atoms with van der Waals surface area (Å²) in [6, 6.07) is -3.10. The molecule has 0 saturated carbocycles. The molecule has 0 radical (unpaired) electrons. The summed E-state index contributed by atoms with van der Waals surface area (Å²) < 4.78 is 5.26. The molecule has 0 aromatic carbocycles. The zero-order chi connectivity index (χ0) is 17.7. The van der Waals surface area contributed by atoms with Crippen LogP contribution < -0.4 is 22.5 Å². The van der Waals surface area contributed by atoms with Gasteiger partial charge in [0, 0.05) is 6.92 Å². The Balaban J connectivity index is 3.28. The van der Waals surface area contributed by atoms with E-state index in [-0.39, 0.29) is 5.96 Å². The monoisotopic (exact) mass is 331 g/mol. The van der Waals surface area contributed by atoms with Gasteiger partial charge in [-0.3, -0.25) is 4.79 Å². The molecule has 0 bridgehead atoms. The van der Waals surface area contributed by atoms with E-state index in [4.69, 9.17) is 32.2 Å². The number of aliphatic hydroxyl groups is 2. The Morgan fingerprint density at radius 2 is 2.09 bits per heavy atom. The number of carboxylic acids is 1. The molecular formula is C12H21N5O6. The number of aliphatic hydroxyl groups excluding tert-OH is 2.